The van der Waals surface area contributed by atoms with Crippen LogP contribution in [0.1, 0.15) is 58.6 Å². The molecule has 11 heteroatoms. The third kappa shape index (κ3) is 5.47. The van der Waals surface area contributed by atoms with Crippen LogP contribution in [-0.4, -0.2) is 65.5 Å². The molecule has 11 nitrogen and oxygen atoms in total. The summed E-state index contributed by atoms with van der Waals surface area (Å²) < 4.78 is 5.20. The number of hydrogen-bond donors (Lipinski definition) is 8. The van der Waals surface area contributed by atoms with Crippen LogP contribution in [0.5, 0.6) is 34.5 Å². The molecular formula is C35H34O11. The highest BCUT2D eigenvalue weighted by atomic mass is 16.6. The van der Waals surface area contributed by atoms with Crippen molar-refractivity contribution in [3.8, 4) is 34.5 Å². The van der Waals surface area contributed by atoms with Crippen LogP contribution in [0.2, 0.25) is 0 Å². The van der Waals surface area contributed by atoms with Crippen LogP contribution < -0.4 is 0 Å². The molecule has 0 heterocycles. The Hall–Kier alpha value is -5.16. The average molecular weight is 631 g/mol. The van der Waals surface area contributed by atoms with Gasteiger partial charge in [0.25, 0.3) is 0 Å². The second-order valence-electron chi connectivity index (χ2n) is 12.3. The second-order valence-corrected chi connectivity index (χ2v) is 12.3. The molecule has 3 aliphatic rings. The number of aliphatic carboxylic acids is 1. The number of hydrogen-bond acceptors (Lipinski definition) is 10. The summed E-state index contributed by atoms with van der Waals surface area (Å²) in [5.74, 6) is -4.97. The van der Waals surface area contributed by atoms with Gasteiger partial charge in [-0.2, -0.15) is 0 Å². The van der Waals surface area contributed by atoms with Gasteiger partial charge in [0.2, 0.25) is 6.10 Å². The number of phenols is 6. The number of aliphatic hydroxyl groups is 1. The van der Waals surface area contributed by atoms with Crippen LogP contribution in [0.15, 0.2) is 42.5 Å². The van der Waals surface area contributed by atoms with Gasteiger partial charge in [-0.15, -0.1) is 0 Å². The smallest absolute Gasteiger partial charge is 0.345 e. The first-order valence-electron chi connectivity index (χ1n) is 15.1. The van der Waals surface area contributed by atoms with Crippen molar-refractivity contribution in [3.63, 3.8) is 0 Å². The minimum absolute atomic E-state index is 0.0269. The highest BCUT2D eigenvalue weighted by molar-refractivity contribution is 5.95. The zero-order chi connectivity index (χ0) is 32.9. The van der Waals surface area contributed by atoms with Gasteiger partial charge in [-0.3, -0.25) is 0 Å². The summed E-state index contributed by atoms with van der Waals surface area (Å²) >= 11 is 0. The number of allylic oxidation sites excluding steroid dienone is 1. The Labute approximate surface area is 263 Å². The molecule has 0 radical (unpaired) electrons. The van der Waals surface area contributed by atoms with Gasteiger partial charge in [-0.25, -0.2) is 9.59 Å². The molecule has 46 heavy (non-hydrogen) atoms. The largest absolute Gasteiger partial charge is 0.504 e. The van der Waals surface area contributed by atoms with Gasteiger partial charge in [0.1, 0.15) is 0 Å². The Morgan fingerprint density at radius 3 is 2.37 bits per heavy atom. The van der Waals surface area contributed by atoms with Crippen LogP contribution in [0, 0.1) is 17.8 Å². The van der Waals surface area contributed by atoms with Crippen molar-refractivity contribution < 1.29 is 55.2 Å². The molecule has 6 rings (SSSR count). The fourth-order valence-electron chi connectivity index (χ4n) is 7.55. The number of ether oxygens (including phenoxy) is 1. The fourth-order valence-corrected chi connectivity index (χ4v) is 7.55. The summed E-state index contributed by atoms with van der Waals surface area (Å²) in [6, 6.07) is 8.08. The monoisotopic (exact) mass is 630 g/mol. The standard InChI is InChI=1S/C35H34O11/c36-15-19-10-18-12-27(39)28(40)14-22(18)24-13-23-17(11-29(41)34(43)33(23)21-3-1-2-20(19)32(21)24)5-7-31(42)46-30(35(44)45)9-16-4-6-25(37)26(38)8-16/h4-8,11-14,19-21,30,32,36-41,43H,1-3,9-10,15H2,(H,44,45)/t19-,20-,21-,30-,32+/m1/s1. The molecule has 0 aliphatic heterocycles. The predicted octanol–water partition coefficient (Wildman–Crippen LogP) is 4.39. The van der Waals surface area contributed by atoms with Gasteiger partial charge in [-0.05, 0) is 119 Å². The highest BCUT2D eigenvalue weighted by Gasteiger charge is 2.47. The van der Waals surface area contributed by atoms with Crippen LogP contribution >= 0.6 is 0 Å². The Morgan fingerprint density at radius 2 is 1.65 bits per heavy atom. The number of carboxylic acid groups (broad SMARTS) is 1. The third-order valence-electron chi connectivity index (χ3n) is 9.60. The lowest BCUT2D eigenvalue weighted by Crippen LogP contribution is -2.35. The van der Waals surface area contributed by atoms with Gasteiger partial charge < -0.3 is 45.6 Å². The van der Waals surface area contributed by atoms with Gasteiger partial charge in [0, 0.05) is 24.7 Å². The minimum Gasteiger partial charge on any atom is -0.504 e. The SMILES string of the molecule is O=C(C=Cc1cc(O)c(O)c2c1C=C1c3cc(O)c(O)cc3C[C@H](CO)[C@H]3CCC[C@@H]2[C@@H]13)O[C@H](Cc1ccc(O)c(O)c1)C(=O)O. The second kappa shape index (κ2) is 12.0. The molecule has 3 aliphatic carbocycles. The van der Waals surface area contributed by atoms with E-state index in [4.69, 9.17) is 4.74 Å². The summed E-state index contributed by atoms with van der Waals surface area (Å²) in [6.45, 7) is -0.0809. The lowest BCUT2D eigenvalue weighted by molar-refractivity contribution is -0.160. The number of phenolic OH excluding ortho intramolecular Hbond substituents is 6. The summed E-state index contributed by atoms with van der Waals surface area (Å²) in [4.78, 5) is 24.7. The summed E-state index contributed by atoms with van der Waals surface area (Å²) in [5.41, 5.74) is 4.05. The zero-order valence-electron chi connectivity index (χ0n) is 24.6. The molecule has 0 unspecified atom stereocenters. The van der Waals surface area contributed by atoms with Crippen molar-refractivity contribution in [1.29, 1.82) is 0 Å². The van der Waals surface area contributed by atoms with Crippen LogP contribution in [0.4, 0.5) is 0 Å². The molecule has 0 amide bonds. The van der Waals surface area contributed by atoms with E-state index in [9.17, 15) is 50.4 Å². The molecular weight excluding hydrogens is 596 g/mol. The van der Waals surface area contributed by atoms with E-state index in [1.807, 2.05) is 6.08 Å². The Balaban J connectivity index is 1.39. The number of carboxylic acids is 1. The number of carbonyl (C=O) groups excluding carboxylic acids is 1. The first-order valence-corrected chi connectivity index (χ1v) is 15.1. The molecule has 1 fully saturated rings. The van der Waals surface area contributed by atoms with E-state index in [0.29, 0.717) is 40.7 Å². The van der Waals surface area contributed by atoms with Gasteiger partial charge in [0.05, 0.1) is 0 Å². The molecule has 0 aromatic heterocycles. The van der Waals surface area contributed by atoms with Gasteiger partial charge in [0.15, 0.2) is 34.5 Å². The Morgan fingerprint density at radius 1 is 0.913 bits per heavy atom. The molecule has 3 aromatic carbocycles. The maximum atomic E-state index is 12.8. The van der Waals surface area contributed by atoms with Crippen LogP contribution in [-0.2, 0) is 27.2 Å². The average Bonchev–Trinajstić information content (AvgIpc) is 3.15. The maximum Gasteiger partial charge on any atom is 0.345 e. The lowest BCUT2D eigenvalue weighted by Gasteiger charge is -2.44. The molecule has 5 atom stereocenters. The number of aromatic hydroxyl groups is 6. The van der Waals surface area contributed by atoms with Crippen molar-refractivity contribution in [3.05, 3.63) is 75.9 Å². The lowest BCUT2D eigenvalue weighted by atomic mass is 9.59. The van der Waals surface area contributed by atoms with Crippen molar-refractivity contribution in [1.82, 2.24) is 0 Å². The van der Waals surface area contributed by atoms with E-state index in [1.165, 1.54) is 42.5 Å². The number of aliphatic hydroxyl groups excluding tert-OH is 1. The molecule has 240 valence electrons. The third-order valence-corrected chi connectivity index (χ3v) is 9.60. The number of esters is 1. The van der Waals surface area contributed by atoms with Crippen molar-refractivity contribution in [2.75, 3.05) is 6.61 Å². The van der Waals surface area contributed by atoms with Crippen molar-refractivity contribution in [2.24, 2.45) is 17.8 Å². The Bertz CT molecular complexity index is 1790. The zero-order valence-corrected chi connectivity index (χ0v) is 24.6. The summed E-state index contributed by atoms with van der Waals surface area (Å²) in [7, 11) is 0. The molecule has 3 aromatic rings. The normalized spacial score (nSPS) is 22.2. The predicted molar refractivity (Wildman–Crippen MR) is 165 cm³/mol. The Kier molecular flexibility index (Phi) is 8.03. The van der Waals surface area contributed by atoms with Crippen molar-refractivity contribution in [2.45, 2.75) is 44.1 Å². The molecule has 0 bridgehead atoms. The van der Waals surface area contributed by atoms with Crippen molar-refractivity contribution >= 4 is 29.7 Å². The first-order chi connectivity index (χ1) is 22.0. The van der Waals surface area contributed by atoms with Gasteiger partial charge >= 0.3 is 11.9 Å². The molecule has 1 saturated carbocycles. The van der Waals surface area contributed by atoms with Crippen LogP contribution in [0.3, 0.4) is 0 Å². The van der Waals surface area contributed by atoms with E-state index in [0.717, 1.165) is 30.1 Å². The summed E-state index contributed by atoms with van der Waals surface area (Å²) in [5, 5.41) is 82.0. The van der Waals surface area contributed by atoms with E-state index < -0.39 is 29.5 Å². The van der Waals surface area contributed by atoms with E-state index in [2.05, 4.69) is 0 Å². The maximum absolute atomic E-state index is 12.8. The number of fused-ring (bicyclic) bond motifs is 4. The molecule has 0 saturated heterocycles. The quantitative estimate of drug-likeness (QED) is 0.104. The minimum atomic E-state index is -1.60. The number of benzene rings is 3. The molecule has 0 spiro atoms. The van der Waals surface area contributed by atoms with E-state index in [1.54, 1.807) is 0 Å². The highest BCUT2D eigenvalue weighted by Crippen LogP contribution is 2.60. The number of rotatable bonds is 7. The molecule has 8 N–H and O–H groups in total. The van der Waals surface area contributed by atoms with Crippen LogP contribution in [0.25, 0.3) is 17.7 Å². The van der Waals surface area contributed by atoms with E-state index >= 15 is 0 Å². The van der Waals surface area contributed by atoms with Gasteiger partial charge in [-0.1, -0.05) is 12.5 Å². The topological polar surface area (TPSA) is 205 Å². The van der Waals surface area contributed by atoms with E-state index in [-0.39, 0.29) is 59.7 Å². The fraction of sp³-hybridized carbons (Fsp3) is 0.314. The number of carbonyl (C=O) groups is 2. The summed E-state index contributed by atoms with van der Waals surface area (Å²) in [6.07, 6.45) is 5.17. The first kappa shape index (κ1) is 30.8.